The Kier molecular flexibility index (Phi) is 4.27. The Morgan fingerprint density at radius 3 is 3.05 bits per heavy atom. The average molecular weight is 310 g/mol. The zero-order chi connectivity index (χ0) is 14.8. The molecule has 0 spiro atoms. The minimum atomic E-state index is -0.410. The summed E-state index contributed by atoms with van der Waals surface area (Å²) in [6, 6.07) is 4.91. The zero-order valence-electron chi connectivity index (χ0n) is 11.5. The Labute approximate surface area is 128 Å². The van der Waals surface area contributed by atoms with Crippen LogP contribution in [0.1, 0.15) is 24.3 Å². The molecule has 1 aromatic carbocycles. The summed E-state index contributed by atoms with van der Waals surface area (Å²) in [5.41, 5.74) is 0.885. The first kappa shape index (κ1) is 14.5. The van der Waals surface area contributed by atoms with Crippen LogP contribution < -0.4 is 5.32 Å². The molecule has 3 atom stereocenters. The summed E-state index contributed by atoms with van der Waals surface area (Å²) >= 11 is 5.67. The number of carbonyl (C=O) groups excluding carboxylic acids is 1. The topological polar surface area (TPSA) is 38.3 Å². The van der Waals surface area contributed by atoms with Crippen LogP contribution in [0.3, 0.4) is 0 Å². The second-order valence-electron chi connectivity index (χ2n) is 5.61. The lowest BCUT2D eigenvalue weighted by molar-refractivity contribution is -0.116. The molecule has 0 bridgehead atoms. The number of ether oxygens (including phenoxy) is 1. The molecule has 1 amide bonds. The van der Waals surface area contributed by atoms with Crippen molar-refractivity contribution in [3.63, 3.8) is 0 Å². The molecule has 112 valence electrons. The van der Waals surface area contributed by atoms with Gasteiger partial charge in [0.2, 0.25) is 5.91 Å². The molecule has 0 radical (unpaired) electrons. The molecular weight excluding hydrogens is 293 g/mol. The van der Waals surface area contributed by atoms with Crippen LogP contribution in [-0.2, 0) is 9.53 Å². The van der Waals surface area contributed by atoms with E-state index in [0.29, 0.717) is 12.5 Å². The number of benzene rings is 1. The van der Waals surface area contributed by atoms with Gasteiger partial charge in [-0.15, -0.1) is 0 Å². The van der Waals surface area contributed by atoms with E-state index in [1.54, 1.807) is 12.1 Å². The maximum absolute atomic E-state index is 13.4. The van der Waals surface area contributed by atoms with E-state index < -0.39 is 5.82 Å². The van der Waals surface area contributed by atoms with Crippen molar-refractivity contribution in [1.82, 2.24) is 5.32 Å². The van der Waals surface area contributed by atoms with E-state index in [-0.39, 0.29) is 22.9 Å². The van der Waals surface area contributed by atoms with Crippen molar-refractivity contribution in [3.8, 4) is 0 Å². The number of rotatable bonds is 4. The van der Waals surface area contributed by atoms with E-state index >= 15 is 0 Å². The quantitative estimate of drug-likeness (QED) is 0.868. The Morgan fingerprint density at radius 2 is 2.33 bits per heavy atom. The molecule has 5 heteroatoms. The van der Waals surface area contributed by atoms with Gasteiger partial charge in [-0.05, 0) is 36.6 Å². The Balaban J connectivity index is 1.51. The van der Waals surface area contributed by atoms with Crippen molar-refractivity contribution in [2.75, 3.05) is 13.2 Å². The maximum Gasteiger partial charge on any atom is 0.243 e. The van der Waals surface area contributed by atoms with Gasteiger partial charge in [0.15, 0.2) is 0 Å². The first-order valence-corrected chi connectivity index (χ1v) is 7.52. The standard InChI is InChI=1S/C16H17ClFNO2/c17-13-3-2-11(7-14(13)18)12-8-15(12)19-16(20)4-1-10-5-6-21-9-10/h1-4,7,10,12,15H,5-6,8-9H2,(H,19,20)/b4-1+/t10-,12-,15+/m0/s1. The van der Waals surface area contributed by atoms with Crippen molar-refractivity contribution in [1.29, 1.82) is 0 Å². The van der Waals surface area contributed by atoms with Gasteiger partial charge < -0.3 is 10.1 Å². The largest absolute Gasteiger partial charge is 0.381 e. The molecule has 1 aliphatic carbocycles. The highest BCUT2D eigenvalue weighted by molar-refractivity contribution is 6.30. The van der Waals surface area contributed by atoms with Crippen molar-refractivity contribution in [3.05, 3.63) is 46.8 Å². The first-order valence-electron chi connectivity index (χ1n) is 7.15. The summed E-state index contributed by atoms with van der Waals surface area (Å²) in [6.45, 7) is 1.46. The molecule has 3 rings (SSSR count). The highest BCUT2D eigenvalue weighted by Gasteiger charge is 2.39. The molecule has 1 N–H and O–H groups in total. The van der Waals surface area contributed by atoms with E-state index in [1.807, 2.05) is 12.1 Å². The van der Waals surface area contributed by atoms with E-state index in [1.165, 1.54) is 6.07 Å². The summed E-state index contributed by atoms with van der Waals surface area (Å²) in [4.78, 5) is 11.8. The molecule has 1 aromatic rings. The van der Waals surface area contributed by atoms with Gasteiger partial charge in [-0.25, -0.2) is 4.39 Å². The zero-order valence-corrected chi connectivity index (χ0v) is 12.3. The number of hydrogen-bond acceptors (Lipinski definition) is 2. The third-order valence-corrected chi connectivity index (χ3v) is 4.28. The van der Waals surface area contributed by atoms with E-state index in [9.17, 15) is 9.18 Å². The summed E-state index contributed by atoms with van der Waals surface area (Å²) < 4.78 is 18.7. The fourth-order valence-corrected chi connectivity index (χ4v) is 2.74. The number of carbonyl (C=O) groups is 1. The second-order valence-corrected chi connectivity index (χ2v) is 6.02. The van der Waals surface area contributed by atoms with Gasteiger partial charge in [-0.2, -0.15) is 0 Å². The highest BCUT2D eigenvalue weighted by Crippen LogP contribution is 2.41. The number of amides is 1. The van der Waals surface area contributed by atoms with Gasteiger partial charge in [0.25, 0.3) is 0 Å². The first-order chi connectivity index (χ1) is 10.1. The van der Waals surface area contributed by atoms with Crippen molar-refractivity contribution < 1.29 is 13.9 Å². The molecular formula is C16H17ClFNO2. The van der Waals surface area contributed by atoms with Crippen LogP contribution in [0.4, 0.5) is 4.39 Å². The molecule has 0 aromatic heterocycles. The Hall–Kier alpha value is -1.39. The van der Waals surface area contributed by atoms with E-state index in [0.717, 1.165) is 25.0 Å². The third-order valence-electron chi connectivity index (χ3n) is 3.97. The molecule has 1 saturated carbocycles. The van der Waals surface area contributed by atoms with Gasteiger partial charge in [0, 0.05) is 24.5 Å². The lowest BCUT2D eigenvalue weighted by atomic mass is 10.1. The minimum Gasteiger partial charge on any atom is -0.381 e. The SMILES string of the molecule is O=C(/C=C/[C@H]1CCOC1)N[C@@H]1C[C@H]1c1ccc(Cl)c(F)c1. The van der Waals surface area contributed by atoms with Crippen LogP contribution >= 0.6 is 11.6 Å². The van der Waals surface area contributed by atoms with Gasteiger partial charge in [-0.3, -0.25) is 4.79 Å². The summed E-state index contributed by atoms with van der Waals surface area (Å²) in [7, 11) is 0. The predicted octanol–water partition coefficient (Wildman–Crippen LogP) is 3.04. The Morgan fingerprint density at radius 1 is 1.48 bits per heavy atom. The van der Waals surface area contributed by atoms with Crippen LogP contribution in [-0.4, -0.2) is 25.2 Å². The highest BCUT2D eigenvalue weighted by atomic mass is 35.5. The molecule has 2 aliphatic rings. The summed E-state index contributed by atoms with van der Waals surface area (Å²) in [5.74, 6) is 0.0242. The third kappa shape index (κ3) is 3.63. The summed E-state index contributed by atoms with van der Waals surface area (Å²) in [5, 5.41) is 3.07. The monoisotopic (exact) mass is 309 g/mol. The van der Waals surface area contributed by atoms with E-state index in [4.69, 9.17) is 16.3 Å². The van der Waals surface area contributed by atoms with Crippen LogP contribution in [0, 0.1) is 11.7 Å². The molecule has 1 aliphatic heterocycles. The molecule has 1 saturated heterocycles. The molecule has 1 heterocycles. The minimum absolute atomic E-state index is 0.0857. The van der Waals surface area contributed by atoms with Crippen LogP contribution in [0.5, 0.6) is 0 Å². The number of halogens is 2. The second kappa shape index (κ2) is 6.16. The smallest absolute Gasteiger partial charge is 0.243 e. The molecule has 0 unspecified atom stereocenters. The fourth-order valence-electron chi connectivity index (χ4n) is 2.62. The van der Waals surface area contributed by atoms with Crippen molar-refractivity contribution in [2.24, 2.45) is 5.92 Å². The number of nitrogens with one attached hydrogen (secondary N) is 1. The fraction of sp³-hybridized carbons (Fsp3) is 0.438. The van der Waals surface area contributed by atoms with Gasteiger partial charge in [0.05, 0.1) is 11.6 Å². The van der Waals surface area contributed by atoms with Crippen molar-refractivity contribution >= 4 is 17.5 Å². The summed E-state index contributed by atoms with van der Waals surface area (Å²) in [6.07, 6.45) is 5.30. The van der Waals surface area contributed by atoms with Gasteiger partial charge in [-0.1, -0.05) is 23.7 Å². The Bertz CT molecular complexity index is 569. The molecule has 2 fully saturated rings. The van der Waals surface area contributed by atoms with Gasteiger partial charge in [0.1, 0.15) is 5.82 Å². The lowest BCUT2D eigenvalue weighted by Gasteiger charge is -2.04. The lowest BCUT2D eigenvalue weighted by Crippen LogP contribution is -2.24. The maximum atomic E-state index is 13.4. The van der Waals surface area contributed by atoms with Gasteiger partial charge >= 0.3 is 0 Å². The normalized spacial score (nSPS) is 28.0. The number of hydrogen-bond donors (Lipinski definition) is 1. The van der Waals surface area contributed by atoms with E-state index in [2.05, 4.69) is 5.32 Å². The molecule has 3 nitrogen and oxygen atoms in total. The van der Waals surface area contributed by atoms with Crippen LogP contribution in [0.15, 0.2) is 30.4 Å². The van der Waals surface area contributed by atoms with Crippen LogP contribution in [0.2, 0.25) is 5.02 Å². The average Bonchev–Trinajstić information content (AvgIpc) is 3.01. The molecule has 21 heavy (non-hydrogen) atoms. The predicted molar refractivity (Wildman–Crippen MR) is 78.8 cm³/mol. The van der Waals surface area contributed by atoms with Crippen LogP contribution in [0.25, 0.3) is 0 Å². The van der Waals surface area contributed by atoms with Crippen molar-refractivity contribution in [2.45, 2.75) is 24.8 Å².